The van der Waals surface area contributed by atoms with E-state index < -0.39 is 60.1 Å². The number of hydrogen-bond donors (Lipinski definition) is 5. The van der Waals surface area contributed by atoms with Crippen LogP contribution in [-0.4, -0.2) is 74.0 Å². The first kappa shape index (κ1) is 29.6. The number of carboxylic acids is 1. The molecule has 0 bridgehead atoms. The van der Waals surface area contributed by atoms with Crippen molar-refractivity contribution in [3.8, 4) is 0 Å². The normalized spacial score (nSPS) is 21.3. The number of hydrogen-bond acceptors (Lipinski definition) is 8. The summed E-state index contributed by atoms with van der Waals surface area (Å²) < 4.78 is 0. The molecule has 1 aliphatic heterocycles. The maximum atomic E-state index is 13.4. The van der Waals surface area contributed by atoms with Crippen molar-refractivity contribution in [3.05, 3.63) is 35.7 Å². The SMILES string of the molecule is CC[C@H](C)[C@H](NC(=O)[C@H]1CCCC[C@H]1C(=O)O)C(=O)NCC(=O)N1c2ccccc2C[C@H]1C(=O)NCc1nn[nH]n1. The lowest BCUT2D eigenvalue weighted by molar-refractivity contribution is -0.149. The van der Waals surface area contributed by atoms with Crippen molar-refractivity contribution in [1.82, 2.24) is 36.6 Å². The monoisotopic (exact) mass is 568 g/mol. The van der Waals surface area contributed by atoms with E-state index in [1.807, 2.05) is 26.0 Å². The lowest BCUT2D eigenvalue weighted by Crippen LogP contribution is -2.55. The highest BCUT2D eigenvalue weighted by Crippen LogP contribution is 2.33. The van der Waals surface area contributed by atoms with Crippen LogP contribution < -0.4 is 20.9 Å². The fourth-order valence-corrected chi connectivity index (χ4v) is 5.51. The maximum absolute atomic E-state index is 13.4. The number of carboxylic acid groups (broad SMARTS) is 1. The van der Waals surface area contributed by atoms with Gasteiger partial charge in [-0.3, -0.25) is 28.9 Å². The molecule has 14 nitrogen and oxygen atoms in total. The summed E-state index contributed by atoms with van der Waals surface area (Å²) in [5, 5.41) is 31.1. The van der Waals surface area contributed by atoms with E-state index in [2.05, 4.69) is 36.6 Å². The zero-order chi connectivity index (χ0) is 29.5. The number of H-pyrrole nitrogens is 1. The molecule has 0 spiro atoms. The second-order valence-electron chi connectivity index (χ2n) is 10.6. The molecule has 14 heteroatoms. The predicted molar refractivity (Wildman–Crippen MR) is 145 cm³/mol. The van der Waals surface area contributed by atoms with Crippen LogP contribution in [0.15, 0.2) is 24.3 Å². The fraction of sp³-hybridized carbons (Fsp3) is 0.556. The summed E-state index contributed by atoms with van der Waals surface area (Å²) in [7, 11) is 0. The Bertz CT molecular complexity index is 1270. The minimum Gasteiger partial charge on any atom is -0.481 e. The van der Waals surface area contributed by atoms with E-state index in [9.17, 15) is 29.1 Å². The zero-order valence-corrected chi connectivity index (χ0v) is 23.1. The molecule has 5 N–H and O–H groups in total. The second kappa shape index (κ2) is 13.3. The minimum atomic E-state index is -1.01. The van der Waals surface area contributed by atoms with Crippen LogP contribution in [0.1, 0.15) is 57.3 Å². The lowest BCUT2D eigenvalue weighted by atomic mass is 9.78. The van der Waals surface area contributed by atoms with E-state index in [-0.39, 0.29) is 12.5 Å². The molecular formula is C27H36N8O6. The Labute approximate surface area is 237 Å². The Hall–Kier alpha value is -4.36. The fourth-order valence-electron chi connectivity index (χ4n) is 5.51. The molecule has 0 radical (unpaired) electrons. The summed E-state index contributed by atoms with van der Waals surface area (Å²) in [5.41, 5.74) is 1.40. The molecule has 4 rings (SSSR count). The molecule has 2 aliphatic rings. The van der Waals surface area contributed by atoms with E-state index in [1.54, 1.807) is 12.1 Å². The van der Waals surface area contributed by atoms with Gasteiger partial charge in [0.05, 0.1) is 24.9 Å². The molecule has 0 saturated heterocycles. The van der Waals surface area contributed by atoms with E-state index in [4.69, 9.17) is 0 Å². The summed E-state index contributed by atoms with van der Waals surface area (Å²) >= 11 is 0. The van der Waals surface area contributed by atoms with E-state index >= 15 is 0 Å². The Morgan fingerprint density at radius 1 is 1.07 bits per heavy atom. The zero-order valence-electron chi connectivity index (χ0n) is 23.1. The number of nitrogens with one attached hydrogen (secondary N) is 4. The van der Waals surface area contributed by atoms with E-state index in [1.165, 1.54) is 4.90 Å². The number of rotatable bonds is 11. The highest BCUT2D eigenvalue weighted by molar-refractivity contribution is 6.05. The van der Waals surface area contributed by atoms with Crippen molar-refractivity contribution in [2.24, 2.45) is 17.8 Å². The maximum Gasteiger partial charge on any atom is 0.307 e. The highest BCUT2D eigenvalue weighted by Gasteiger charge is 2.40. The standard InChI is InChI=1S/C27H36N8O6/c1-3-15(2)23(30-24(37)17-9-5-6-10-18(17)27(40)41)26(39)29-14-22(36)35-19-11-7-4-8-16(19)12-20(35)25(38)28-13-21-31-33-34-32-21/h4,7-8,11,15,17-18,20,23H,3,5-6,9-10,12-14H2,1-2H3,(H,28,38)(H,29,39)(H,30,37)(H,40,41)(H,31,32,33,34)/t15-,17-,18+,20-,23-/m0/s1. The van der Waals surface area contributed by atoms with Crippen molar-refractivity contribution in [3.63, 3.8) is 0 Å². The van der Waals surface area contributed by atoms with Crippen LogP contribution in [0.2, 0.25) is 0 Å². The van der Waals surface area contributed by atoms with Crippen molar-refractivity contribution in [1.29, 1.82) is 0 Å². The van der Waals surface area contributed by atoms with Crippen molar-refractivity contribution < 1.29 is 29.1 Å². The van der Waals surface area contributed by atoms with Gasteiger partial charge in [0, 0.05) is 12.1 Å². The van der Waals surface area contributed by atoms with Crippen LogP contribution in [0, 0.1) is 17.8 Å². The molecule has 5 atom stereocenters. The number of fused-ring (bicyclic) bond motifs is 1. The van der Waals surface area contributed by atoms with Gasteiger partial charge in [0.1, 0.15) is 12.1 Å². The van der Waals surface area contributed by atoms with Gasteiger partial charge in [-0.25, -0.2) is 0 Å². The van der Waals surface area contributed by atoms with Gasteiger partial charge in [-0.2, -0.15) is 5.21 Å². The summed E-state index contributed by atoms with van der Waals surface area (Å²) in [6.07, 6.45) is 3.22. The van der Waals surface area contributed by atoms with Crippen molar-refractivity contribution in [2.45, 2.75) is 71.0 Å². The third-order valence-electron chi connectivity index (χ3n) is 7.98. The number of aromatic nitrogens is 4. The topological polar surface area (TPSA) is 199 Å². The molecule has 4 amide bonds. The van der Waals surface area contributed by atoms with Gasteiger partial charge in [-0.05, 0) is 30.4 Å². The molecule has 0 unspecified atom stereocenters. The van der Waals surface area contributed by atoms with Gasteiger partial charge in [-0.1, -0.05) is 56.5 Å². The van der Waals surface area contributed by atoms with Gasteiger partial charge in [0.2, 0.25) is 23.6 Å². The van der Waals surface area contributed by atoms with Gasteiger partial charge >= 0.3 is 5.97 Å². The molecule has 2 heterocycles. The summed E-state index contributed by atoms with van der Waals surface area (Å²) in [4.78, 5) is 66.0. The van der Waals surface area contributed by atoms with Crippen LogP contribution in [0.25, 0.3) is 0 Å². The molecular weight excluding hydrogens is 532 g/mol. The molecule has 1 saturated carbocycles. The van der Waals surface area contributed by atoms with Crippen LogP contribution in [0.3, 0.4) is 0 Å². The smallest absolute Gasteiger partial charge is 0.307 e. The Morgan fingerprint density at radius 2 is 1.80 bits per heavy atom. The number of benzene rings is 1. The molecule has 1 aliphatic carbocycles. The summed E-state index contributed by atoms with van der Waals surface area (Å²) in [6.45, 7) is 3.32. The molecule has 2 aromatic rings. The van der Waals surface area contributed by atoms with Crippen molar-refractivity contribution >= 4 is 35.3 Å². The molecule has 220 valence electrons. The molecule has 41 heavy (non-hydrogen) atoms. The number of anilines is 1. The third kappa shape index (κ3) is 6.87. The van der Waals surface area contributed by atoms with Gasteiger partial charge in [-0.15, -0.1) is 10.2 Å². The Balaban J connectivity index is 1.42. The second-order valence-corrected chi connectivity index (χ2v) is 10.6. The van der Waals surface area contributed by atoms with Gasteiger partial charge < -0.3 is 21.1 Å². The Kier molecular flexibility index (Phi) is 9.63. The highest BCUT2D eigenvalue weighted by atomic mass is 16.4. The summed E-state index contributed by atoms with van der Waals surface area (Å²) in [5.74, 6) is -4.39. The van der Waals surface area contributed by atoms with Crippen molar-refractivity contribution in [2.75, 3.05) is 11.4 Å². The molecule has 1 aromatic heterocycles. The van der Waals surface area contributed by atoms with Crippen LogP contribution in [0.4, 0.5) is 5.69 Å². The average molecular weight is 569 g/mol. The lowest BCUT2D eigenvalue weighted by Gasteiger charge is -2.31. The third-order valence-corrected chi connectivity index (χ3v) is 7.98. The van der Waals surface area contributed by atoms with Gasteiger partial charge in [0.15, 0.2) is 5.82 Å². The number of nitrogens with zero attached hydrogens (tertiary/aromatic N) is 4. The number of tetrazole rings is 1. The van der Waals surface area contributed by atoms with Crippen LogP contribution in [0.5, 0.6) is 0 Å². The van der Waals surface area contributed by atoms with E-state index in [0.717, 1.165) is 18.4 Å². The first-order valence-electron chi connectivity index (χ1n) is 13.9. The number of amides is 4. The number of aromatic amines is 1. The van der Waals surface area contributed by atoms with Crippen LogP contribution >= 0.6 is 0 Å². The first-order valence-corrected chi connectivity index (χ1v) is 13.9. The first-order chi connectivity index (χ1) is 19.7. The van der Waals surface area contributed by atoms with Gasteiger partial charge in [0.25, 0.3) is 0 Å². The summed E-state index contributed by atoms with van der Waals surface area (Å²) in [6, 6.07) is 5.38. The molecule has 1 fully saturated rings. The number of para-hydroxylation sites is 1. The number of carbonyl (C=O) groups excluding carboxylic acids is 4. The Morgan fingerprint density at radius 3 is 2.49 bits per heavy atom. The minimum absolute atomic E-state index is 0.0287. The average Bonchev–Trinajstić information content (AvgIpc) is 3.65. The van der Waals surface area contributed by atoms with E-state index in [0.29, 0.717) is 37.2 Å². The quantitative estimate of drug-likeness (QED) is 0.253. The van der Waals surface area contributed by atoms with Crippen LogP contribution in [-0.2, 0) is 36.9 Å². The largest absolute Gasteiger partial charge is 0.481 e. The predicted octanol–water partition coefficient (Wildman–Crippen LogP) is 0.312. The molecule has 1 aromatic carbocycles. The number of carbonyl (C=O) groups is 5. The number of aliphatic carboxylic acids is 1.